The molecule has 4 rings (SSSR count). The summed E-state index contributed by atoms with van der Waals surface area (Å²) in [7, 11) is -3.92. The summed E-state index contributed by atoms with van der Waals surface area (Å²) in [5.41, 5.74) is 2.35. The Kier molecular flexibility index (Phi) is 5.39. The van der Waals surface area contributed by atoms with Gasteiger partial charge in [-0.05, 0) is 42.0 Å². The average Bonchev–Trinajstić information content (AvgIpc) is 3.30. The molecule has 1 heterocycles. The number of aromatic amines is 1. The van der Waals surface area contributed by atoms with Gasteiger partial charge in [0.15, 0.2) is 5.78 Å². The van der Waals surface area contributed by atoms with Gasteiger partial charge >= 0.3 is 0 Å². The Hall–Kier alpha value is -3.42. The van der Waals surface area contributed by atoms with Crippen LogP contribution in [0.2, 0.25) is 5.02 Å². The number of anilines is 1. The van der Waals surface area contributed by atoms with Crippen LogP contribution in [0.1, 0.15) is 15.9 Å². The zero-order valence-corrected chi connectivity index (χ0v) is 17.1. The lowest BCUT2D eigenvalue weighted by molar-refractivity contribution is 0.103. The molecule has 0 aliphatic carbocycles. The maximum absolute atomic E-state index is 12.9. The Labute approximate surface area is 178 Å². The highest BCUT2D eigenvalue weighted by Crippen LogP contribution is 2.27. The van der Waals surface area contributed by atoms with Gasteiger partial charge in [-0.2, -0.15) is 5.10 Å². The van der Waals surface area contributed by atoms with Gasteiger partial charge in [0.25, 0.3) is 10.0 Å². The first kappa shape index (κ1) is 19.9. The number of aromatic nitrogens is 2. The van der Waals surface area contributed by atoms with E-state index in [0.717, 1.165) is 11.3 Å². The number of carbonyl (C=O) groups excluding carboxylic acids is 1. The number of halogens is 1. The van der Waals surface area contributed by atoms with Crippen molar-refractivity contribution < 1.29 is 13.2 Å². The van der Waals surface area contributed by atoms with Crippen LogP contribution >= 0.6 is 11.6 Å². The fourth-order valence-electron chi connectivity index (χ4n) is 2.97. The van der Waals surface area contributed by atoms with Crippen LogP contribution in [0.15, 0.2) is 90.0 Å². The molecule has 0 saturated carbocycles. The number of carbonyl (C=O) groups is 1. The minimum atomic E-state index is -3.92. The van der Waals surface area contributed by atoms with Gasteiger partial charge in [-0.15, -0.1) is 0 Å². The molecule has 0 bridgehead atoms. The molecule has 150 valence electrons. The smallest absolute Gasteiger partial charge is 0.261 e. The Morgan fingerprint density at radius 3 is 2.33 bits per heavy atom. The molecule has 3 aromatic carbocycles. The molecular weight excluding hydrogens is 422 g/mol. The third kappa shape index (κ3) is 4.12. The monoisotopic (exact) mass is 437 g/mol. The summed E-state index contributed by atoms with van der Waals surface area (Å²) < 4.78 is 28.3. The van der Waals surface area contributed by atoms with E-state index in [4.69, 9.17) is 11.6 Å². The molecule has 0 spiro atoms. The van der Waals surface area contributed by atoms with E-state index in [1.54, 1.807) is 54.7 Å². The van der Waals surface area contributed by atoms with Crippen LogP contribution in [-0.4, -0.2) is 24.4 Å². The second-order valence-electron chi connectivity index (χ2n) is 6.49. The molecule has 0 unspecified atom stereocenters. The summed E-state index contributed by atoms with van der Waals surface area (Å²) in [6.45, 7) is 0. The molecule has 1 aromatic heterocycles. The fraction of sp³-hybridized carbons (Fsp3) is 0. The van der Waals surface area contributed by atoms with Gasteiger partial charge in [0.05, 0.1) is 16.3 Å². The number of nitrogens with zero attached hydrogens (tertiary/aromatic N) is 1. The van der Waals surface area contributed by atoms with Crippen molar-refractivity contribution in [2.45, 2.75) is 4.90 Å². The lowest BCUT2D eigenvalue weighted by atomic mass is 10.0. The summed E-state index contributed by atoms with van der Waals surface area (Å²) in [6.07, 6.45) is 1.62. The summed E-state index contributed by atoms with van der Waals surface area (Å²) in [5, 5.41) is 7.05. The van der Waals surface area contributed by atoms with Gasteiger partial charge in [0.1, 0.15) is 0 Å². The second-order valence-corrected chi connectivity index (χ2v) is 8.60. The normalized spacial score (nSPS) is 11.2. The Morgan fingerprint density at radius 1 is 0.933 bits per heavy atom. The molecule has 8 heteroatoms. The van der Waals surface area contributed by atoms with E-state index in [-0.39, 0.29) is 21.9 Å². The van der Waals surface area contributed by atoms with E-state index in [2.05, 4.69) is 14.9 Å². The molecule has 4 aromatic rings. The predicted molar refractivity (Wildman–Crippen MR) is 116 cm³/mol. The Bertz CT molecular complexity index is 1290. The number of benzene rings is 3. The first-order valence-electron chi connectivity index (χ1n) is 8.96. The van der Waals surface area contributed by atoms with Gasteiger partial charge < -0.3 is 0 Å². The van der Waals surface area contributed by atoms with Crippen molar-refractivity contribution in [1.29, 1.82) is 0 Å². The fourth-order valence-corrected chi connectivity index (χ4v) is 4.22. The molecular formula is C22H16ClN3O3S. The van der Waals surface area contributed by atoms with E-state index < -0.39 is 10.0 Å². The van der Waals surface area contributed by atoms with Crippen LogP contribution in [0.4, 0.5) is 5.69 Å². The summed E-state index contributed by atoms with van der Waals surface area (Å²) in [5.74, 6) is -0.328. The van der Waals surface area contributed by atoms with Gasteiger partial charge in [-0.3, -0.25) is 14.6 Å². The third-order valence-electron chi connectivity index (χ3n) is 4.48. The van der Waals surface area contributed by atoms with Crippen molar-refractivity contribution in [3.05, 3.63) is 101 Å². The highest BCUT2D eigenvalue weighted by atomic mass is 35.5. The minimum Gasteiger partial charge on any atom is -0.289 e. The molecule has 30 heavy (non-hydrogen) atoms. The second kappa shape index (κ2) is 8.14. The zero-order chi connectivity index (χ0) is 21.1. The van der Waals surface area contributed by atoms with Crippen molar-refractivity contribution in [2.75, 3.05) is 4.72 Å². The van der Waals surface area contributed by atoms with Crippen LogP contribution in [0.3, 0.4) is 0 Å². The molecule has 0 atom stereocenters. The molecule has 0 radical (unpaired) electrons. The van der Waals surface area contributed by atoms with Gasteiger partial charge in [-0.25, -0.2) is 8.42 Å². The molecule has 0 amide bonds. The van der Waals surface area contributed by atoms with Crippen LogP contribution in [0.5, 0.6) is 0 Å². The van der Waals surface area contributed by atoms with E-state index in [1.165, 1.54) is 30.3 Å². The number of ketones is 1. The maximum atomic E-state index is 12.9. The van der Waals surface area contributed by atoms with Crippen LogP contribution in [-0.2, 0) is 10.0 Å². The quantitative estimate of drug-likeness (QED) is 0.425. The molecule has 0 fully saturated rings. The highest BCUT2D eigenvalue weighted by Gasteiger charge is 2.20. The highest BCUT2D eigenvalue weighted by molar-refractivity contribution is 7.92. The summed E-state index contributed by atoms with van der Waals surface area (Å²) in [6, 6.07) is 21.2. The molecule has 2 N–H and O–H groups in total. The summed E-state index contributed by atoms with van der Waals surface area (Å²) >= 11 is 6.07. The predicted octanol–water partition coefficient (Wildman–Crippen LogP) is 4.76. The van der Waals surface area contributed by atoms with Gasteiger partial charge in [0.2, 0.25) is 0 Å². The van der Waals surface area contributed by atoms with Crippen LogP contribution in [0, 0.1) is 0 Å². The van der Waals surface area contributed by atoms with E-state index in [9.17, 15) is 13.2 Å². The van der Waals surface area contributed by atoms with Gasteiger partial charge in [-0.1, -0.05) is 54.1 Å². The Morgan fingerprint density at radius 2 is 1.67 bits per heavy atom. The maximum Gasteiger partial charge on any atom is 0.261 e. The lowest BCUT2D eigenvalue weighted by Crippen LogP contribution is -2.16. The molecule has 0 saturated heterocycles. The first-order valence-corrected chi connectivity index (χ1v) is 10.8. The van der Waals surface area contributed by atoms with Crippen LogP contribution < -0.4 is 4.72 Å². The van der Waals surface area contributed by atoms with E-state index in [0.29, 0.717) is 10.6 Å². The number of nitrogens with one attached hydrogen (secondary N) is 2. The van der Waals surface area contributed by atoms with E-state index >= 15 is 0 Å². The van der Waals surface area contributed by atoms with Gasteiger partial charge in [0, 0.05) is 22.3 Å². The molecule has 0 aliphatic rings. The zero-order valence-electron chi connectivity index (χ0n) is 15.5. The van der Waals surface area contributed by atoms with E-state index in [1.807, 2.05) is 0 Å². The lowest BCUT2D eigenvalue weighted by Gasteiger charge is -2.13. The SMILES string of the molecule is O=C(c1ccccc1)c1cc(Cl)ccc1NS(=O)(=O)c1ccc(-c2ccn[nH]2)cc1. The first-order chi connectivity index (χ1) is 14.4. The number of rotatable bonds is 6. The van der Waals surface area contributed by atoms with Crippen molar-refractivity contribution in [1.82, 2.24) is 10.2 Å². The molecule has 6 nitrogen and oxygen atoms in total. The largest absolute Gasteiger partial charge is 0.289 e. The molecule has 0 aliphatic heterocycles. The van der Waals surface area contributed by atoms with Crippen molar-refractivity contribution in [3.8, 4) is 11.3 Å². The van der Waals surface area contributed by atoms with Crippen molar-refractivity contribution in [3.63, 3.8) is 0 Å². The average molecular weight is 438 g/mol. The number of H-pyrrole nitrogens is 1. The minimum absolute atomic E-state index is 0.0684. The van der Waals surface area contributed by atoms with Crippen LogP contribution in [0.25, 0.3) is 11.3 Å². The number of hydrogen-bond acceptors (Lipinski definition) is 4. The Balaban J connectivity index is 1.66. The number of hydrogen-bond donors (Lipinski definition) is 2. The van der Waals surface area contributed by atoms with Crippen molar-refractivity contribution >= 4 is 33.1 Å². The van der Waals surface area contributed by atoms with Crippen molar-refractivity contribution in [2.24, 2.45) is 0 Å². The standard InChI is InChI=1S/C22H16ClN3O3S/c23-17-8-11-21(19(14-17)22(27)16-4-2-1-3-5-16)26-30(28,29)18-9-6-15(7-10-18)20-12-13-24-25-20/h1-14,26H,(H,24,25). The third-order valence-corrected chi connectivity index (χ3v) is 6.10. The number of sulfonamides is 1. The summed E-state index contributed by atoms with van der Waals surface area (Å²) in [4.78, 5) is 13.0. The topological polar surface area (TPSA) is 91.9 Å².